The first-order valence-corrected chi connectivity index (χ1v) is 4.33. The van der Waals surface area contributed by atoms with E-state index in [0.717, 1.165) is 18.9 Å². The third-order valence-electron chi connectivity index (χ3n) is 2.37. The van der Waals surface area contributed by atoms with Crippen LogP contribution in [0.3, 0.4) is 0 Å². The summed E-state index contributed by atoms with van der Waals surface area (Å²) in [6.45, 7) is 0. The van der Waals surface area contributed by atoms with E-state index in [9.17, 15) is 14.5 Å². The van der Waals surface area contributed by atoms with E-state index >= 15 is 0 Å². The summed E-state index contributed by atoms with van der Waals surface area (Å²) in [5, 5.41) is 10.4. The van der Waals surface area contributed by atoms with Crippen molar-refractivity contribution in [1.29, 1.82) is 0 Å². The molecule has 0 unspecified atom stereocenters. The molecule has 1 fully saturated rings. The highest BCUT2D eigenvalue weighted by Crippen LogP contribution is 2.43. The molecule has 2 N–H and O–H groups in total. The van der Waals surface area contributed by atoms with Crippen LogP contribution in [0.2, 0.25) is 0 Å². The van der Waals surface area contributed by atoms with Crippen molar-refractivity contribution in [3.8, 4) is 0 Å². The summed E-state index contributed by atoms with van der Waals surface area (Å²) in [6.07, 6.45) is 1.98. The minimum absolute atomic E-state index is 0.297. The highest BCUT2D eigenvalue weighted by Gasteiger charge is 2.28. The van der Waals surface area contributed by atoms with E-state index in [0.29, 0.717) is 17.2 Å². The van der Waals surface area contributed by atoms with Crippen molar-refractivity contribution in [2.24, 2.45) is 0 Å². The maximum atomic E-state index is 13.2. The summed E-state index contributed by atoms with van der Waals surface area (Å²) in [5.41, 5.74) is 6.07. The number of rotatable bonds is 2. The Morgan fingerprint density at radius 3 is 2.64 bits per heavy atom. The Kier molecular flexibility index (Phi) is 1.87. The summed E-state index contributed by atoms with van der Waals surface area (Å²) in [5.74, 6) is -0.503. The molecule has 14 heavy (non-hydrogen) atoms. The van der Waals surface area contributed by atoms with Crippen LogP contribution in [-0.2, 0) is 0 Å². The molecule has 5 heteroatoms. The highest BCUT2D eigenvalue weighted by molar-refractivity contribution is 5.57. The zero-order valence-electron chi connectivity index (χ0n) is 7.37. The van der Waals surface area contributed by atoms with Crippen molar-refractivity contribution >= 4 is 11.4 Å². The number of nitro groups is 1. The second-order valence-electron chi connectivity index (χ2n) is 3.46. The lowest BCUT2D eigenvalue weighted by atomic mass is 10.1. The van der Waals surface area contributed by atoms with E-state index in [2.05, 4.69) is 0 Å². The molecule has 0 saturated heterocycles. The standard InChI is InChI=1S/C9H9FN2O2/c10-7-3-6(5-1-2-5)8(11)4-9(7)12(13)14/h3-5H,1-2,11H2. The molecule has 0 radical (unpaired) electrons. The molecule has 0 heterocycles. The Labute approximate surface area is 79.7 Å². The zero-order chi connectivity index (χ0) is 10.3. The van der Waals surface area contributed by atoms with Crippen LogP contribution < -0.4 is 5.73 Å². The smallest absolute Gasteiger partial charge is 0.306 e. The molecule has 2 rings (SSSR count). The van der Waals surface area contributed by atoms with Crippen molar-refractivity contribution in [2.45, 2.75) is 18.8 Å². The molecule has 0 amide bonds. The fraction of sp³-hybridized carbons (Fsp3) is 0.333. The Bertz CT molecular complexity index is 402. The summed E-state index contributed by atoms with van der Waals surface area (Å²) in [6, 6.07) is 2.29. The molecule has 1 aliphatic carbocycles. The predicted octanol–water partition coefficient (Wildman–Crippen LogP) is 2.19. The summed E-state index contributed by atoms with van der Waals surface area (Å²) < 4.78 is 13.2. The number of nitrogen functional groups attached to an aromatic ring is 1. The highest BCUT2D eigenvalue weighted by atomic mass is 19.1. The summed E-state index contributed by atoms with van der Waals surface area (Å²) in [4.78, 5) is 9.62. The quantitative estimate of drug-likeness (QED) is 0.447. The van der Waals surface area contributed by atoms with Gasteiger partial charge in [-0.2, -0.15) is 4.39 Å². The summed E-state index contributed by atoms with van der Waals surface area (Å²) in [7, 11) is 0. The minimum Gasteiger partial charge on any atom is -0.398 e. The molecule has 0 aliphatic heterocycles. The van der Waals surface area contributed by atoms with Gasteiger partial charge in [-0.05, 0) is 30.4 Å². The second kappa shape index (κ2) is 2.94. The van der Waals surface area contributed by atoms with Gasteiger partial charge in [0.15, 0.2) is 0 Å². The number of benzene rings is 1. The number of nitrogens with two attached hydrogens (primary N) is 1. The van der Waals surface area contributed by atoms with Crippen LogP contribution in [0, 0.1) is 15.9 Å². The van der Waals surface area contributed by atoms with Gasteiger partial charge in [-0.25, -0.2) is 0 Å². The molecular weight excluding hydrogens is 187 g/mol. The van der Waals surface area contributed by atoms with Gasteiger partial charge in [0.05, 0.1) is 4.92 Å². The molecule has 0 spiro atoms. The van der Waals surface area contributed by atoms with E-state index < -0.39 is 16.4 Å². The van der Waals surface area contributed by atoms with Crippen molar-refractivity contribution in [3.05, 3.63) is 33.6 Å². The number of halogens is 1. The van der Waals surface area contributed by atoms with Crippen LogP contribution in [0.4, 0.5) is 15.8 Å². The van der Waals surface area contributed by atoms with E-state index in [4.69, 9.17) is 5.73 Å². The van der Waals surface area contributed by atoms with Gasteiger partial charge in [0.1, 0.15) is 0 Å². The molecule has 1 aromatic carbocycles. The molecule has 1 saturated carbocycles. The number of nitro benzene ring substituents is 1. The van der Waals surface area contributed by atoms with Crippen molar-refractivity contribution in [3.63, 3.8) is 0 Å². The predicted molar refractivity (Wildman–Crippen MR) is 49.4 cm³/mol. The number of anilines is 1. The van der Waals surface area contributed by atoms with Gasteiger partial charge in [-0.3, -0.25) is 10.1 Å². The van der Waals surface area contributed by atoms with E-state index in [1.54, 1.807) is 0 Å². The Balaban J connectivity index is 2.48. The molecule has 1 aliphatic rings. The van der Waals surface area contributed by atoms with Crippen molar-refractivity contribution in [2.75, 3.05) is 5.73 Å². The zero-order valence-corrected chi connectivity index (χ0v) is 7.37. The lowest BCUT2D eigenvalue weighted by Gasteiger charge is -2.03. The van der Waals surface area contributed by atoms with Gasteiger partial charge in [0.25, 0.3) is 0 Å². The normalized spacial score (nSPS) is 15.5. The third-order valence-corrected chi connectivity index (χ3v) is 2.37. The maximum absolute atomic E-state index is 13.2. The first-order valence-electron chi connectivity index (χ1n) is 4.33. The van der Waals surface area contributed by atoms with Gasteiger partial charge in [0, 0.05) is 11.8 Å². The fourth-order valence-electron chi connectivity index (χ4n) is 1.48. The third kappa shape index (κ3) is 1.41. The molecule has 74 valence electrons. The van der Waals surface area contributed by atoms with Crippen LogP contribution in [0.5, 0.6) is 0 Å². The van der Waals surface area contributed by atoms with Crippen molar-refractivity contribution < 1.29 is 9.31 Å². The average molecular weight is 196 g/mol. The molecule has 0 aromatic heterocycles. The molecule has 1 aromatic rings. The number of hydrogen-bond acceptors (Lipinski definition) is 3. The number of hydrogen-bond donors (Lipinski definition) is 1. The monoisotopic (exact) mass is 196 g/mol. The SMILES string of the molecule is Nc1cc([N+](=O)[O-])c(F)cc1C1CC1. The van der Waals surface area contributed by atoms with E-state index in [1.807, 2.05) is 0 Å². The Hall–Kier alpha value is -1.65. The van der Waals surface area contributed by atoms with Crippen LogP contribution in [0.1, 0.15) is 24.3 Å². The number of nitrogens with zero attached hydrogens (tertiary/aromatic N) is 1. The van der Waals surface area contributed by atoms with Gasteiger partial charge < -0.3 is 5.73 Å². The average Bonchev–Trinajstić information content (AvgIpc) is 2.91. The summed E-state index contributed by atoms with van der Waals surface area (Å²) >= 11 is 0. The van der Waals surface area contributed by atoms with Crippen LogP contribution in [0.15, 0.2) is 12.1 Å². The first kappa shape index (κ1) is 8.93. The van der Waals surface area contributed by atoms with Gasteiger partial charge in [-0.1, -0.05) is 0 Å². The minimum atomic E-state index is -0.800. The van der Waals surface area contributed by atoms with Gasteiger partial charge in [-0.15, -0.1) is 0 Å². The van der Waals surface area contributed by atoms with Gasteiger partial charge in [0.2, 0.25) is 5.82 Å². The first-order chi connectivity index (χ1) is 6.59. The second-order valence-corrected chi connectivity index (χ2v) is 3.46. The maximum Gasteiger partial charge on any atom is 0.306 e. The van der Waals surface area contributed by atoms with E-state index in [1.165, 1.54) is 6.07 Å². The van der Waals surface area contributed by atoms with Gasteiger partial charge >= 0.3 is 5.69 Å². The topological polar surface area (TPSA) is 69.2 Å². The van der Waals surface area contributed by atoms with Crippen LogP contribution >= 0.6 is 0 Å². The Morgan fingerprint density at radius 2 is 2.14 bits per heavy atom. The largest absolute Gasteiger partial charge is 0.398 e. The lowest BCUT2D eigenvalue weighted by Crippen LogP contribution is -1.99. The van der Waals surface area contributed by atoms with E-state index in [-0.39, 0.29) is 0 Å². The molecule has 0 bridgehead atoms. The lowest BCUT2D eigenvalue weighted by molar-refractivity contribution is -0.387. The van der Waals surface area contributed by atoms with Crippen LogP contribution in [-0.4, -0.2) is 4.92 Å². The van der Waals surface area contributed by atoms with Crippen molar-refractivity contribution in [1.82, 2.24) is 0 Å². The molecular formula is C9H9FN2O2. The molecule has 0 atom stereocenters. The Morgan fingerprint density at radius 1 is 1.50 bits per heavy atom. The molecule has 4 nitrogen and oxygen atoms in total. The fourth-order valence-corrected chi connectivity index (χ4v) is 1.48. The van der Waals surface area contributed by atoms with Crippen LogP contribution in [0.25, 0.3) is 0 Å².